The lowest BCUT2D eigenvalue weighted by Gasteiger charge is -2.26. The van der Waals surface area contributed by atoms with Gasteiger partial charge in [-0.3, -0.25) is 0 Å². The molecule has 11 heavy (non-hydrogen) atoms. The van der Waals surface area contributed by atoms with Gasteiger partial charge in [-0.15, -0.1) is 0 Å². The summed E-state index contributed by atoms with van der Waals surface area (Å²) < 4.78 is 5.53. The molecule has 2 rings (SSSR count). The lowest BCUT2D eigenvalue weighted by atomic mass is 10.0. The van der Waals surface area contributed by atoms with Gasteiger partial charge in [0.05, 0.1) is 12.1 Å². The third-order valence-electron chi connectivity index (χ3n) is 2.59. The fourth-order valence-electron chi connectivity index (χ4n) is 1.86. The monoisotopic (exact) mass is 156 g/mol. The van der Waals surface area contributed by atoms with Crippen LogP contribution in [0.25, 0.3) is 0 Å². The molecule has 0 bridgehead atoms. The molecule has 0 amide bonds. The summed E-state index contributed by atoms with van der Waals surface area (Å²) in [7, 11) is 0. The number of hydrogen-bond acceptors (Lipinski definition) is 3. The van der Waals surface area contributed by atoms with Gasteiger partial charge in [-0.25, -0.2) is 0 Å². The van der Waals surface area contributed by atoms with Gasteiger partial charge in [-0.2, -0.15) is 0 Å². The van der Waals surface area contributed by atoms with Crippen LogP contribution in [0.4, 0.5) is 0 Å². The Balaban J connectivity index is 1.97. The minimum absolute atomic E-state index is 0.274. The Hall–Kier alpha value is -0.120. The largest absolute Gasteiger partial charge is 0.379 e. The smallest absolute Gasteiger partial charge is 0.0661 e. The highest BCUT2D eigenvalue weighted by Crippen LogP contribution is 2.16. The summed E-state index contributed by atoms with van der Waals surface area (Å²) in [5.74, 6) is 0. The fraction of sp³-hybridized carbons (Fsp3) is 1.00. The van der Waals surface area contributed by atoms with Crippen LogP contribution in [0.5, 0.6) is 0 Å². The first-order valence-electron chi connectivity index (χ1n) is 4.45. The predicted molar refractivity (Wildman–Crippen MR) is 43.7 cm³/mol. The SMILES string of the molecule is C1CNC2(CCNC2)COC1. The van der Waals surface area contributed by atoms with E-state index in [4.69, 9.17) is 4.74 Å². The molecule has 3 heteroatoms. The molecule has 2 aliphatic heterocycles. The summed E-state index contributed by atoms with van der Waals surface area (Å²) in [6.07, 6.45) is 2.37. The number of nitrogens with one attached hydrogen (secondary N) is 2. The molecular weight excluding hydrogens is 140 g/mol. The van der Waals surface area contributed by atoms with Gasteiger partial charge in [0, 0.05) is 13.2 Å². The van der Waals surface area contributed by atoms with Crippen molar-refractivity contribution in [1.82, 2.24) is 10.6 Å². The Bertz CT molecular complexity index is 122. The molecule has 2 N–H and O–H groups in total. The first kappa shape index (κ1) is 7.53. The Kier molecular flexibility index (Phi) is 2.11. The van der Waals surface area contributed by atoms with Crippen LogP contribution in [0.15, 0.2) is 0 Å². The molecule has 0 saturated carbocycles. The first-order valence-corrected chi connectivity index (χ1v) is 4.45. The van der Waals surface area contributed by atoms with Gasteiger partial charge in [-0.1, -0.05) is 0 Å². The van der Waals surface area contributed by atoms with Crippen LogP contribution < -0.4 is 10.6 Å². The second-order valence-electron chi connectivity index (χ2n) is 3.54. The van der Waals surface area contributed by atoms with Gasteiger partial charge in [0.1, 0.15) is 0 Å². The lowest BCUT2D eigenvalue weighted by molar-refractivity contribution is 0.0995. The molecule has 0 aliphatic carbocycles. The summed E-state index contributed by atoms with van der Waals surface area (Å²) >= 11 is 0. The fourth-order valence-corrected chi connectivity index (χ4v) is 1.86. The van der Waals surface area contributed by atoms with Crippen molar-refractivity contribution in [3.63, 3.8) is 0 Å². The minimum atomic E-state index is 0.274. The predicted octanol–water partition coefficient (Wildman–Crippen LogP) is -0.272. The summed E-state index contributed by atoms with van der Waals surface area (Å²) in [6.45, 7) is 5.14. The van der Waals surface area contributed by atoms with Gasteiger partial charge in [0.15, 0.2) is 0 Å². The molecule has 0 aromatic carbocycles. The van der Waals surface area contributed by atoms with Crippen LogP contribution in [0, 0.1) is 0 Å². The third-order valence-corrected chi connectivity index (χ3v) is 2.59. The average Bonchev–Trinajstić information content (AvgIpc) is 2.32. The molecule has 2 saturated heterocycles. The Morgan fingerprint density at radius 3 is 3.09 bits per heavy atom. The Labute approximate surface area is 67.5 Å². The average molecular weight is 156 g/mol. The van der Waals surface area contributed by atoms with Crippen molar-refractivity contribution in [2.24, 2.45) is 0 Å². The summed E-state index contributed by atoms with van der Waals surface area (Å²) in [4.78, 5) is 0. The van der Waals surface area contributed by atoms with Gasteiger partial charge >= 0.3 is 0 Å². The number of hydrogen-bond donors (Lipinski definition) is 2. The molecule has 0 aromatic rings. The van der Waals surface area contributed by atoms with E-state index in [1.807, 2.05) is 0 Å². The van der Waals surface area contributed by atoms with Crippen molar-refractivity contribution in [2.45, 2.75) is 18.4 Å². The highest BCUT2D eigenvalue weighted by atomic mass is 16.5. The standard InChI is InChI=1S/C8H16N2O/c1-3-10-8(7-11-5-1)2-4-9-6-8/h9-10H,1-7H2. The minimum Gasteiger partial charge on any atom is -0.379 e. The summed E-state index contributed by atoms with van der Waals surface area (Å²) in [5.41, 5.74) is 0.274. The van der Waals surface area contributed by atoms with Crippen molar-refractivity contribution in [1.29, 1.82) is 0 Å². The zero-order valence-corrected chi connectivity index (χ0v) is 6.86. The second kappa shape index (κ2) is 3.09. The normalized spacial score (nSPS) is 39.3. The zero-order valence-electron chi connectivity index (χ0n) is 6.86. The maximum absolute atomic E-state index is 5.53. The molecule has 1 atom stereocenters. The van der Waals surface area contributed by atoms with Crippen LogP contribution in [0.1, 0.15) is 12.8 Å². The van der Waals surface area contributed by atoms with E-state index in [1.165, 1.54) is 6.42 Å². The molecule has 1 unspecified atom stereocenters. The summed E-state index contributed by atoms with van der Waals surface area (Å²) in [5, 5.41) is 6.94. The second-order valence-corrected chi connectivity index (χ2v) is 3.54. The molecule has 1 spiro atoms. The van der Waals surface area contributed by atoms with Crippen LogP contribution in [-0.4, -0.2) is 38.4 Å². The van der Waals surface area contributed by atoms with Crippen LogP contribution in [0.2, 0.25) is 0 Å². The zero-order chi connectivity index (χ0) is 7.57. The van der Waals surface area contributed by atoms with E-state index in [-0.39, 0.29) is 5.54 Å². The van der Waals surface area contributed by atoms with E-state index in [0.717, 1.165) is 39.3 Å². The Morgan fingerprint density at radius 2 is 2.27 bits per heavy atom. The number of rotatable bonds is 0. The molecule has 0 radical (unpaired) electrons. The molecule has 3 nitrogen and oxygen atoms in total. The number of ether oxygens (including phenoxy) is 1. The van der Waals surface area contributed by atoms with Gasteiger partial charge < -0.3 is 15.4 Å². The van der Waals surface area contributed by atoms with Gasteiger partial charge in [-0.05, 0) is 25.9 Å². The van der Waals surface area contributed by atoms with E-state index in [1.54, 1.807) is 0 Å². The topological polar surface area (TPSA) is 33.3 Å². The molecule has 2 fully saturated rings. The van der Waals surface area contributed by atoms with Crippen LogP contribution >= 0.6 is 0 Å². The van der Waals surface area contributed by atoms with E-state index in [9.17, 15) is 0 Å². The van der Waals surface area contributed by atoms with E-state index in [2.05, 4.69) is 10.6 Å². The van der Waals surface area contributed by atoms with E-state index >= 15 is 0 Å². The van der Waals surface area contributed by atoms with Crippen molar-refractivity contribution >= 4 is 0 Å². The lowest BCUT2D eigenvalue weighted by Crippen LogP contribution is -2.49. The van der Waals surface area contributed by atoms with Crippen LogP contribution in [0.3, 0.4) is 0 Å². The summed E-state index contributed by atoms with van der Waals surface area (Å²) in [6, 6.07) is 0. The van der Waals surface area contributed by atoms with Crippen molar-refractivity contribution < 1.29 is 4.74 Å². The van der Waals surface area contributed by atoms with Gasteiger partial charge in [0.2, 0.25) is 0 Å². The molecular formula is C8H16N2O. The third kappa shape index (κ3) is 1.55. The first-order chi connectivity index (χ1) is 5.41. The van der Waals surface area contributed by atoms with E-state index in [0.29, 0.717) is 0 Å². The van der Waals surface area contributed by atoms with Crippen LogP contribution in [-0.2, 0) is 4.74 Å². The van der Waals surface area contributed by atoms with E-state index < -0.39 is 0 Å². The maximum atomic E-state index is 5.53. The highest BCUT2D eigenvalue weighted by molar-refractivity contribution is 4.96. The maximum Gasteiger partial charge on any atom is 0.0661 e. The molecule has 2 heterocycles. The molecule has 64 valence electrons. The van der Waals surface area contributed by atoms with Crippen molar-refractivity contribution in [3.8, 4) is 0 Å². The van der Waals surface area contributed by atoms with Crippen molar-refractivity contribution in [2.75, 3.05) is 32.8 Å². The van der Waals surface area contributed by atoms with Gasteiger partial charge in [0.25, 0.3) is 0 Å². The molecule has 2 aliphatic rings. The molecule has 0 aromatic heterocycles. The Morgan fingerprint density at radius 1 is 1.27 bits per heavy atom. The van der Waals surface area contributed by atoms with Crippen molar-refractivity contribution in [3.05, 3.63) is 0 Å². The highest BCUT2D eigenvalue weighted by Gasteiger charge is 2.34. The quantitative estimate of drug-likeness (QED) is 0.506.